The predicted octanol–water partition coefficient (Wildman–Crippen LogP) is 2.82. The van der Waals surface area contributed by atoms with Gasteiger partial charge in [-0.25, -0.2) is 0 Å². The van der Waals surface area contributed by atoms with Crippen molar-refractivity contribution >= 4 is 57.1 Å². The molecular formula is C14H25I2NO4. The molecule has 0 fully saturated rings. The van der Waals surface area contributed by atoms with Crippen molar-refractivity contribution in [2.75, 3.05) is 26.3 Å². The molecular weight excluding hydrogens is 500 g/mol. The van der Waals surface area contributed by atoms with E-state index in [1.807, 2.05) is 45.2 Å². The number of halogens is 2. The molecule has 0 N–H and O–H groups in total. The topological polar surface area (TPSA) is 55.8 Å². The highest BCUT2D eigenvalue weighted by Gasteiger charge is 2.22. The third-order valence-corrected chi connectivity index (χ3v) is 3.83. The van der Waals surface area contributed by atoms with E-state index in [0.29, 0.717) is 26.3 Å². The van der Waals surface area contributed by atoms with Crippen LogP contribution in [0.4, 0.5) is 0 Å². The Balaban J connectivity index is 4.23. The minimum atomic E-state index is -0.199. The van der Waals surface area contributed by atoms with Gasteiger partial charge in [0.25, 0.3) is 0 Å². The molecule has 0 rings (SSSR count). The molecule has 0 radical (unpaired) electrons. The Kier molecular flexibility index (Phi) is 10.4. The van der Waals surface area contributed by atoms with Gasteiger partial charge in [-0.1, -0.05) is 45.2 Å². The Morgan fingerprint density at radius 1 is 0.952 bits per heavy atom. The van der Waals surface area contributed by atoms with Crippen molar-refractivity contribution < 1.29 is 19.1 Å². The molecule has 21 heavy (non-hydrogen) atoms. The molecule has 0 amide bonds. The van der Waals surface area contributed by atoms with Gasteiger partial charge in [0.15, 0.2) is 0 Å². The number of carbonyl (C=O) groups is 2. The average molecular weight is 525 g/mol. The van der Waals surface area contributed by atoms with E-state index in [1.54, 1.807) is 13.8 Å². The van der Waals surface area contributed by atoms with Crippen LogP contribution in [0.1, 0.15) is 34.6 Å². The second-order valence-corrected chi connectivity index (χ2v) is 9.46. The van der Waals surface area contributed by atoms with Crippen LogP contribution in [0.2, 0.25) is 0 Å². The van der Waals surface area contributed by atoms with E-state index in [4.69, 9.17) is 9.47 Å². The Morgan fingerprint density at radius 3 is 1.52 bits per heavy atom. The number of ether oxygens (including phenoxy) is 2. The number of hydrogen-bond donors (Lipinski definition) is 0. The summed E-state index contributed by atoms with van der Waals surface area (Å²) in [5.41, 5.74) is -0.0787. The van der Waals surface area contributed by atoms with Crippen molar-refractivity contribution in [1.29, 1.82) is 0 Å². The van der Waals surface area contributed by atoms with Crippen LogP contribution in [-0.2, 0) is 19.1 Å². The highest BCUT2D eigenvalue weighted by molar-refractivity contribution is 14.1. The monoisotopic (exact) mass is 525 g/mol. The van der Waals surface area contributed by atoms with Crippen LogP contribution in [0.25, 0.3) is 0 Å². The molecule has 0 aromatic heterocycles. The van der Waals surface area contributed by atoms with Crippen molar-refractivity contribution in [2.45, 2.75) is 48.0 Å². The van der Waals surface area contributed by atoms with Gasteiger partial charge >= 0.3 is 11.9 Å². The summed E-state index contributed by atoms with van der Waals surface area (Å²) in [5.74, 6) is -0.399. The molecule has 0 aliphatic carbocycles. The van der Waals surface area contributed by atoms with Crippen LogP contribution in [0, 0.1) is 0 Å². The molecule has 0 aromatic carbocycles. The summed E-state index contributed by atoms with van der Waals surface area (Å²) in [4.78, 5) is 25.0. The summed E-state index contributed by atoms with van der Waals surface area (Å²) in [7, 11) is 0. The highest BCUT2D eigenvalue weighted by atomic mass is 127. The molecule has 0 heterocycles. The van der Waals surface area contributed by atoms with Gasteiger partial charge < -0.3 is 9.47 Å². The fourth-order valence-electron chi connectivity index (χ4n) is 1.53. The molecule has 0 spiro atoms. The maximum Gasteiger partial charge on any atom is 0.318 e. The fraction of sp³-hybridized carbons (Fsp3) is 0.857. The Bertz CT molecular complexity index is 314. The number of hydrogen-bond acceptors (Lipinski definition) is 5. The third-order valence-electron chi connectivity index (χ3n) is 2.81. The quantitative estimate of drug-likeness (QED) is 0.278. The first-order chi connectivity index (χ1) is 9.55. The molecule has 0 bridgehead atoms. The van der Waals surface area contributed by atoms with E-state index in [-0.39, 0.29) is 25.3 Å². The summed E-state index contributed by atoms with van der Waals surface area (Å²) >= 11 is 4.06. The lowest BCUT2D eigenvalue weighted by Gasteiger charge is -2.35. The first-order valence-electron chi connectivity index (χ1n) is 6.92. The van der Waals surface area contributed by atoms with Crippen molar-refractivity contribution in [3.05, 3.63) is 0 Å². The molecule has 0 aromatic rings. The van der Waals surface area contributed by atoms with Crippen LogP contribution in [0.3, 0.4) is 0 Å². The third kappa shape index (κ3) is 9.88. The van der Waals surface area contributed by atoms with Crippen molar-refractivity contribution in [1.82, 2.24) is 4.90 Å². The Hall–Kier alpha value is 0.360. The highest BCUT2D eigenvalue weighted by Crippen LogP contribution is 2.13. The normalized spacial score (nSPS) is 14.7. The molecule has 124 valence electrons. The van der Waals surface area contributed by atoms with Crippen LogP contribution in [0.5, 0.6) is 0 Å². The van der Waals surface area contributed by atoms with Gasteiger partial charge in [-0.2, -0.15) is 0 Å². The zero-order valence-electron chi connectivity index (χ0n) is 13.3. The number of nitrogens with zero attached hydrogens (tertiary/aromatic N) is 1. The maximum atomic E-state index is 11.4. The predicted molar refractivity (Wildman–Crippen MR) is 100 cm³/mol. The van der Waals surface area contributed by atoms with Crippen molar-refractivity contribution in [3.8, 4) is 0 Å². The second-order valence-electron chi connectivity index (χ2n) is 5.72. The minimum absolute atomic E-state index is 0.0787. The summed E-state index contributed by atoms with van der Waals surface area (Å²) < 4.78 is 10.1. The molecule has 0 saturated carbocycles. The van der Waals surface area contributed by atoms with Gasteiger partial charge in [0.2, 0.25) is 0 Å². The summed E-state index contributed by atoms with van der Waals surface area (Å²) in [6, 6.07) is 0. The van der Waals surface area contributed by atoms with Crippen LogP contribution in [-0.4, -0.2) is 56.5 Å². The van der Waals surface area contributed by atoms with Crippen LogP contribution < -0.4 is 0 Å². The second kappa shape index (κ2) is 10.2. The Labute approximate surface area is 154 Å². The van der Waals surface area contributed by atoms with E-state index in [0.717, 1.165) is 0 Å². The van der Waals surface area contributed by atoms with Gasteiger partial charge in [-0.3, -0.25) is 14.5 Å². The molecule has 7 heteroatoms. The van der Waals surface area contributed by atoms with Gasteiger partial charge in [-0.05, 0) is 34.6 Å². The van der Waals surface area contributed by atoms with Gasteiger partial charge in [-0.15, -0.1) is 0 Å². The van der Waals surface area contributed by atoms with Crippen molar-refractivity contribution in [2.24, 2.45) is 0 Å². The Morgan fingerprint density at radius 2 is 1.29 bits per heavy atom. The number of alkyl halides is 2. The van der Waals surface area contributed by atoms with E-state index < -0.39 is 0 Å². The SMILES string of the molecule is CC(I)C(=O)OCCN(CCOC(=O)C(C)I)C(C)(C)C. The lowest BCUT2D eigenvalue weighted by molar-refractivity contribution is -0.143. The molecule has 2 atom stereocenters. The lowest BCUT2D eigenvalue weighted by Crippen LogP contribution is -2.45. The van der Waals surface area contributed by atoms with Gasteiger partial charge in [0.1, 0.15) is 21.1 Å². The molecule has 0 aliphatic rings. The number of carbonyl (C=O) groups excluding carboxylic acids is 2. The van der Waals surface area contributed by atoms with E-state index >= 15 is 0 Å². The van der Waals surface area contributed by atoms with E-state index in [1.165, 1.54) is 0 Å². The van der Waals surface area contributed by atoms with E-state index in [9.17, 15) is 9.59 Å². The van der Waals surface area contributed by atoms with Crippen LogP contribution in [0.15, 0.2) is 0 Å². The summed E-state index contributed by atoms with van der Waals surface area (Å²) in [5, 5.41) is 0. The standard InChI is InChI=1S/C14H25I2NO4/c1-10(15)12(18)20-8-6-17(14(3,4)5)7-9-21-13(19)11(2)16/h10-11H,6-9H2,1-5H3. The average Bonchev–Trinajstić information content (AvgIpc) is 2.34. The first-order valence-corrected chi connectivity index (χ1v) is 9.41. The van der Waals surface area contributed by atoms with Gasteiger partial charge in [0, 0.05) is 18.6 Å². The minimum Gasteiger partial charge on any atom is -0.464 e. The number of rotatable bonds is 8. The fourth-order valence-corrected chi connectivity index (χ4v) is 1.88. The molecule has 0 saturated heterocycles. The zero-order chi connectivity index (χ0) is 16.6. The summed E-state index contributed by atoms with van der Waals surface area (Å²) in [6.45, 7) is 11.8. The lowest BCUT2D eigenvalue weighted by atomic mass is 10.1. The largest absolute Gasteiger partial charge is 0.464 e. The molecule has 0 aliphatic heterocycles. The van der Waals surface area contributed by atoms with Gasteiger partial charge in [0.05, 0.1) is 0 Å². The zero-order valence-corrected chi connectivity index (χ0v) is 17.6. The summed E-state index contributed by atoms with van der Waals surface area (Å²) in [6.07, 6.45) is 0. The maximum absolute atomic E-state index is 11.4. The smallest absolute Gasteiger partial charge is 0.318 e. The van der Waals surface area contributed by atoms with E-state index in [2.05, 4.69) is 25.7 Å². The molecule has 5 nitrogen and oxygen atoms in total. The first kappa shape index (κ1) is 21.4. The molecule has 2 unspecified atom stereocenters. The van der Waals surface area contributed by atoms with Crippen molar-refractivity contribution in [3.63, 3.8) is 0 Å². The van der Waals surface area contributed by atoms with Crippen LogP contribution >= 0.6 is 45.2 Å². The number of esters is 2.